The van der Waals surface area contributed by atoms with Gasteiger partial charge in [-0.3, -0.25) is 9.59 Å². The number of carbonyl (C=O) groups excluding carboxylic acids is 2. The smallest absolute Gasteiger partial charge is 0.341 e. The van der Waals surface area contributed by atoms with Gasteiger partial charge in [-0.2, -0.15) is 18.3 Å². The minimum absolute atomic E-state index is 0.00876. The molecule has 9 heteroatoms. The van der Waals surface area contributed by atoms with Crippen molar-refractivity contribution in [2.45, 2.75) is 44.8 Å². The summed E-state index contributed by atoms with van der Waals surface area (Å²) in [5, 5.41) is 4.36. The summed E-state index contributed by atoms with van der Waals surface area (Å²) >= 11 is 0. The van der Waals surface area contributed by atoms with Crippen molar-refractivity contribution in [2.24, 2.45) is 4.99 Å². The topological polar surface area (TPSA) is 67.6 Å². The summed E-state index contributed by atoms with van der Waals surface area (Å²) in [7, 11) is 0. The molecule has 0 N–H and O–H groups in total. The minimum Gasteiger partial charge on any atom is -0.341 e. The number of piperidine rings is 1. The predicted molar refractivity (Wildman–Crippen MR) is 104 cm³/mol. The molecular weight excluding hydrogens is 397 g/mol. The van der Waals surface area contributed by atoms with E-state index in [1.807, 2.05) is 0 Å². The number of hydrogen-bond donors (Lipinski definition) is 0. The van der Waals surface area contributed by atoms with Crippen molar-refractivity contribution in [3.63, 3.8) is 0 Å². The number of Topliss-reactive ketones (excluding diaryl/α,β-unsaturated/α-hetero) is 1. The Bertz CT molecular complexity index is 1030. The Morgan fingerprint density at radius 3 is 2.83 bits per heavy atom. The van der Waals surface area contributed by atoms with Crippen LogP contribution >= 0.6 is 0 Å². The number of amides is 1. The second-order valence-electron chi connectivity index (χ2n) is 7.74. The highest BCUT2D eigenvalue weighted by molar-refractivity contribution is 6.15. The first-order valence-corrected chi connectivity index (χ1v) is 9.81. The molecule has 3 heterocycles. The highest BCUT2D eigenvalue weighted by Crippen LogP contribution is 2.33. The van der Waals surface area contributed by atoms with Crippen molar-refractivity contribution >= 4 is 23.2 Å². The van der Waals surface area contributed by atoms with Gasteiger partial charge in [0.1, 0.15) is 0 Å². The minimum atomic E-state index is -4.42. The number of alkyl halides is 3. The number of likely N-dealkylation sites (tertiary alicyclic amines) is 1. The van der Waals surface area contributed by atoms with Gasteiger partial charge in [-0.15, -0.1) is 0 Å². The number of ketones is 1. The fourth-order valence-electron chi connectivity index (χ4n) is 4.04. The Kier molecular flexibility index (Phi) is 5.21. The van der Waals surface area contributed by atoms with Gasteiger partial charge in [0.2, 0.25) is 5.91 Å². The number of halogens is 3. The Balaban J connectivity index is 1.61. The molecular formula is C21H21F3N4O2. The first kappa shape index (κ1) is 20.3. The van der Waals surface area contributed by atoms with Crippen LogP contribution in [-0.4, -0.2) is 45.2 Å². The van der Waals surface area contributed by atoms with Gasteiger partial charge >= 0.3 is 6.18 Å². The third kappa shape index (κ3) is 4.01. The molecule has 1 fully saturated rings. The fraction of sp³-hybridized carbons (Fsp3) is 0.429. The van der Waals surface area contributed by atoms with Crippen LogP contribution in [0.15, 0.2) is 35.5 Å². The number of fused-ring (bicyclic) bond motifs is 1. The monoisotopic (exact) mass is 418 g/mol. The fourth-order valence-corrected chi connectivity index (χ4v) is 4.04. The summed E-state index contributed by atoms with van der Waals surface area (Å²) in [6, 6.07) is 4.98. The Labute approximate surface area is 171 Å². The van der Waals surface area contributed by atoms with Gasteiger partial charge in [-0.25, -0.2) is 9.67 Å². The largest absolute Gasteiger partial charge is 0.416 e. The molecule has 1 unspecified atom stereocenters. The quantitative estimate of drug-likeness (QED) is 0.757. The first-order chi connectivity index (χ1) is 14.2. The van der Waals surface area contributed by atoms with Crippen molar-refractivity contribution in [2.75, 3.05) is 13.1 Å². The van der Waals surface area contributed by atoms with Gasteiger partial charge in [0, 0.05) is 32.1 Å². The molecule has 2 aromatic rings. The van der Waals surface area contributed by atoms with Crippen LogP contribution in [0.3, 0.4) is 0 Å². The van der Waals surface area contributed by atoms with Gasteiger partial charge < -0.3 is 4.90 Å². The second-order valence-corrected chi connectivity index (χ2v) is 7.74. The lowest BCUT2D eigenvalue weighted by atomic mass is 9.98. The highest BCUT2D eigenvalue weighted by Gasteiger charge is 2.32. The number of hydrogen-bond acceptors (Lipinski definition) is 4. The lowest BCUT2D eigenvalue weighted by molar-refractivity contribution is -0.137. The van der Waals surface area contributed by atoms with Crippen molar-refractivity contribution in [1.29, 1.82) is 0 Å². The molecule has 1 saturated heterocycles. The predicted octanol–water partition coefficient (Wildman–Crippen LogP) is 3.99. The van der Waals surface area contributed by atoms with E-state index in [1.165, 1.54) is 19.2 Å². The van der Waals surface area contributed by atoms with E-state index in [2.05, 4.69) is 10.1 Å². The SMILES string of the molecule is CC(=O)N1CCCC(n2ncc3c2N=C(Cc2cccc(C(F)(F)F)c2)CC3=O)C1. The molecule has 1 atom stereocenters. The Morgan fingerprint density at radius 1 is 1.30 bits per heavy atom. The second kappa shape index (κ2) is 7.70. The van der Waals surface area contributed by atoms with Gasteiger partial charge in [-0.05, 0) is 24.5 Å². The average molecular weight is 418 g/mol. The summed E-state index contributed by atoms with van der Waals surface area (Å²) in [6.45, 7) is 2.71. The van der Waals surface area contributed by atoms with E-state index >= 15 is 0 Å². The summed E-state index contributed by atoms with van der Waals surface area (Å²) in [4.78, 5) is 30.7. The Morgan fingerprint density at radius 2 is 2.10 bits per heavy atom. The maximum absolute atomic E-state index is 13.0. The number of aliphatic imine (C=N–C) groups is 1. The van der Waals surface area contributed by atoms with E-state index in [1.54, 1.807) is 15.6 Å². The van der Waals surface area contributed by atoms with Crippen LogP contribution in [0, 0.1) is 0 Å². The first-order valence-electron chi connectivity index (χ1n) is 9.81. The number of rotatable bonds is 3. The molecule has 0 aliphatic carbocycles. The van der Waals surface area contributed by atoms with E-state index in [9.17, 15) is 22.8 Å². The Hall–Kier alpha value is -2.97. The van der Waals surface area contributed by atoms with Crippen LogP contribution in [0.25, 0.3) is 0 Å². The zero-order valence-corrected chi connectivity index (χ0v) is 16.4. The molecule has 1 amide bonds. The third-order valence-corrected chi connectivity index (χ3v) is 5.55. The van der Waals surface area contributed by atoms with E-state index in [4.69, 9.17) is 0 Å². The van der Waals surface area contributed by atoms with Crippen molar-refractivity contribution in [3.8, 4) is 0 Å². The average Bonchev–Trinajstić information content (AvgIpc) is 3.12. The molecule has 6 nitrogen and oxygen atoms in total. The third-order valence-electron chi connectivity index (χ3n) is 5.55. The van der Waals surface area contributed by atoms with Gasteiger partial charge in [0.15, 0.2) is 11.6 Å². The van der Waals surface area contributed by atoms with Gasteiger partial charge in [-0.1, -0.05) is 18.2 Å². The van der Waals surface area contributed by atoms with E-state index in [-0.39, 0.29) is 30.6 Å². The summed E-state index contributed by atoms with van der Waals surface area (Å²) in [5.74, 6) is 0.279. The van der Waals surface area contributed by atoms with Crippen LogP contribution in [-0.2, 0) is 17.4 Å². The standard InChI is InChI=1S/C21H21F3N4O2/c1-13(29)27-7-3-6-17(12-27)28-20-18(11-25-28)19(30)10-16(26-20)9-14-4-2-5-15(8-14)21(22,23)24/h2,4-5,8,11,17H,3,6-7,9-10,12H2,1H3. The zero-order chi connectivity index (χ0) is 21.5. The van der Waals surface area contributed by atoms with Crippen LogP contribution < -0.4 is 0 Å². The maximum atomic E-state index is 13.0. The zero-order valence-electron chi connectivity index (χ0n) is 16.4. The number of benzene rings is 1. The highest BCUT2D eigenvalue weighted by atomic mass is 19.4. The van der Waals surface area contributed by atoms with Crippen molar-refractivity contribution in [3.05, 3.63) is 47.2 Å². The van der Waals surface area contributed by atoms with Crippen LogP contribution in [0.1, 0.15) is 53.7 Å². The molecule has 0 radical (unpaired) electrons. The number of aromatic nitrogens is 2. The molecule has 30 heavy (non-hydrogen) atoms. The van der Waals surface area contributed by atoms with Crippen LogP contribution in [0.4, 0.5) is 19.0 Å². The molecule has 0 bridgehead atoms. The van der Waals surface area contributed by atoms with Crippen LogP contribution in [0.2, 0.25) is 0 Å². The molecule has 2 aliphatic rings. The van der Waals surface area contributed by atoms with Crippen LogP contribution in [0.5, 0.6) is 0 Å². The molecule has 2 aliphatic heterocycles. The normalized spacial score (nSPS) is 19.5. The summed E-state index contributed by atoms with van der Waals surface area (Å²) in [5.41, 5.74) is 0.654. The van der Waals surface area contributed by atoms with Crippen molar-refractivity contribution in [1.82, 2.24) is 14.7 Å². The molecule has 158 valence electrons. The summed E-state index contributed by atoms with van der Waals surface area (Å²) < 4.78 is 40.6. The lowest BCUT2D eigenvalue weighted by Gasteiger charge is -2.32. The lowest BCUT2D eigenvalue weighted by Crippen LogP contribution is -2.39. The van der Waals surface area contributed by atoms with E-state index in [0.29, 0.717) is 35.7 Å². The number of carbonyl (C=O) groups is 2. The van der Waals surface area contributed by atoms with Gasteiger partial charge in [0.05, 0.1) is 29.8 Å². The number of nitrogens with zero attached hydrogens (tertiary/aromatic N) is 4. The molecule has 1 aromatic heterocycles. The molecule has 4 rings (SSSR count). The molecule has 0 saturated carbocycles. The molecule has 0 spiro atoms. The summed E-state index contributed by atoms with van der Waals surface area (Å²) in [6.07, 6.45) is -1.08. The maximum Gasteiger partial charge on any atom is 0.416 e. The van der Waals surface area contributed by atoms with E-state index < -0.39 is 11.7 Å². The van der Waals surface area contributed by atoms with E-state index in [0.717, 1.165) is 25.0 Å². The van der Waals surface area contributed by atoms with Gasteiger partial charge in [0.25, 0.3) is 0 Å². The molecule has 1 aromatic carbocycles. The van der Waals surface area contributed by atoms with Crippen molar-refractivity contribution < 1.29 is 22.8 Å².